The summed E-state index contributed by atoms with van der Waals surface area (Å²) in [5.41, 5.74) is 2.96. The molecule has 0 amide bonds. The van der Waals surface area contributed by atoms with Gasteiger partial charge >= 0.3 is 11.6 Å². The van der Waals surface area contributed by atoms with E-state index in [4.69, 9.17) is 9.15 Å². The molecule has 0 fully saturated rings. The van der Waals surface area contributed by atoms with Gasteiger partial charge in [0.25, 0.3) is 0 Å². The van der Waals surface area contributed by atoms with Gasteiger partial charge < -0.3 is 13.9 Å². The van der Waals surface area contributed by atoms with Gasteiger partial charge in [0.2, 0.25) is 0 Å². The van der Waals surface area contributed by atoms with Gasteiger partial charge in [-0.1, -0.05) is 36.4 Å². The number of benzene rings is 2. The summed E-state index contributed by atoms with van der Waals surface area (Å²) >= 11 is 0. The van der Waals surface area contributed by atoms with Crippen LogP contribution in [0.4, 0.5) is 0 Å². The maximum atomic E-state index is 12.0. The molecule has 0 bridgehead atoms. The smallest absolute Gasteiger partial charge is 0.336 e. The van der Waals surface area contributed by atoms with E-state index in [1.807, 2.05) is 31.2 Å². The van der Waals surface area contributed by atoms with Gasteiger partial charge in [-0.2, -0.15) is 0 Å². The van der Waals surface area contributed by atoms with E-state index in [0.29, 0.717) is 17.4 Å². The Bertz CT molecular complexity index is 1030. The lowest BCUT2D eigenvalue weighted by molar-refractivity contribution is -0.146. The number of carbonyl (C=O) groups excluding carboxylic acids is 2. The van der Waals surface area contributed by atoms with E-state index >= 15 is 0 Å². The highest BCUT2D eigenvalue weighted by Gasteiger charge is 2.22. The van der Waals surface area contributed by atoms with Crippen LogP contribution in [0.3, 0.4) is 0 Å². The van der Waals surface area contributed by atoms with Gasteiger partial charge in [-0.3, -0.25) is 4.79 Å². The van der Waals surface area contributed by atoms with Gasteiger partial charge in [0.15, 0.2) is 0 Å². The number of aldehydes is 1. The van der Waals surface area contributed by atoms with E-state index in [-0.39, 0.29) is 6.61 Å². The first-order valence-corrected chi connectivity index (χ1v) is 8.31. The molecule has 0 aliphatic rings. The second-order valence-corrected chi connectivity index (χ2v) is 5.92. The van der Waals surface area contributed by atoms with E-state index < -0.39 is 17.5 Å². The molecule has 5 heteroatoms. The van der Waals surface area contributed by atoms with Crippen molar-refractivity contribution in [3.05, 3.63) is 70.1 Å². The average molecular weight is 350 g/mol. The number of hydrogen-bond acceptors (Lipinski definition) is 5. The topological polar surface area (TPSA) is 73.6 Å². The number of esters is 1. The molecule has 0 spiro atoms. The van der Waals surface area contributed by atoms with Crippen molar-refractivity contribution in [3.8, 4) is 11.1 Å². The zero-order chi connectivity index (χ0) is 18.7. The Labute approximate surface area is 150 Å². The third-order valence-corrected chi connectivity index (χ3v) is 4.24. The quantitative estimate of drug-likeness (QED) is 0.304. The lowest BCUT2D eigenvalue weighted by atomic mass is 9.95. The largest absolute Gasteiger partial charge is 0.465 e. The SMILES string of the molecule is CCOC(=O)C(C=O)c1ccc2c(-c3ccccc3C)cc(=O)oc2c1. The molecular weight excluding hydrogens is 332 g/mol. The van der Waals surface area contributed by atoms with Gasteiger partial charge in [-0.15, -0.1) is 0 Å². The van der Waals surface area contributed by atoms with Crippen LogP contribution >= 0.6 is 0 Å². The van der Waals surface area contributed by atoms with Crippen LogP contribution in [0.25, 0.3) is 22.1 Å². The van der Waals surface area contributed by atoms with Crippen LogP contribution in [0.15, 0.2) is 57.7 Å². The van der Waals surface area contributed by atoms with E-state index in [0.717, 1.165) is 22.1 Å². The minimum absolute atomic E-state index is 0.184. The van der Waals surface area contributed by atoms with Crippen LogP contribution in [0, 0.1) is 6.92 Å². The highest BCUT2D eigenvalue weighted by molar-refractivity contribution is 5.98. The molecular formula is C21H18O5. The summed E-state index contributed by atoms with van der Waals surface area (Å²) in [6.45, 7) is 3.82. The summed E-state index contributed by atoms with van der Waals surface area (Å²) in [6, 6.07) is 14.2. The Morgan fingerprint density at radius 2 is 1.92 bits per heavy atom. The summed E-state index contributed by atoms with van der Waals surface area (Å²) in [6.07, 6.45) is 0.530. The number of rotatable bonds is 5. The third-order valence-electron chi connectivity index (χ3n) is 4.24. The van der Waals surface area contributed by atoms with Gasteiger partial charge in [-0.05, 0) is 36.6 Å². The molecule has 2 aromatic carbocycles. The van der Waals surface area contributed by atoms with Crippen LogP contribution in [0.5, 0.6) is 0 Å². The second kappa shape index (κ2) is 7.35. The first-order chi connectivity index (χ1) is 12.5. The van der Waals surface area contributed by atoms with Crippen molar-refractivity contribution in [2.45, 2.75) is 19.8 Å². The number of aryl methyl sites for hydroxylation is 1. The molecule has 0 aliphatic carbocycles. The van der Waals surface area contributed by atoms with Crippen molar-refractivity contribution >= 4 is 23.2 Å². The van der Waals surface area contributed by atoms with E-state index in [2.05, 4.69) is 0 Å². The fourth-order valence-electron chi connectivity index (χ4n) is 2.97. The molecule has 0 saturated carbocycles. The summed E-state index contributed by atoms with van der Waals surface area (Å²) in [5, 5.41) is 0.733. The standard InChI is InChI=1S/C21H18O5/c1-3-25-21(24)18(12-22)14-8-9-16-17(11-20(23)26-19(16)10-14)15-7-5-4-6-13(15)2/h4-12,18H,3H2,1-2H3. The molecule has 26 heavy (non-hydrogen) atoms. The Kier molecular flexibility index (Phi) is 4.98. The summed E-state index contributed by atoms with van der Waals surface area (Å²) in [7, 11) is 0. The summed E-state index contributed by atoms with van der Waals surface area (Å²) in [4.78, 5) is 35.4. The Balaban J connectivity index is 2.18. The third kappa shape index (κ3) is 3.28. The van der Waals surface area contributed by atoms with Gasteiger partial charge in [0.1, 0.15) is 17.8 Å². The van der Waals surface area contributed by atoms with Gasteiger partial charge in [0.05, 0.1) is 6.61 Å². The highest BCUT2D eigenvalue weighted by Crippen LogP contribution is 2.31. The van der Waals surface area contributed by atoms with Crippen molar-refractivity contribution in [1.29, 1.82) is 0 Å². The van der Waals surface area contributed by atoms with E-state index in [9.17, 15) is 14.4 Å². The molecule has 3 aromatic rings. The Hall–Kier alpha value is -3.21. The molecule has 0 aliphatic heterocycles. The number of carbonyl (C=O) groups is 2. The molecule has 1 atom stereocenters. The predicted molar refractivity (Wildman–Crippen MR) is 98.1 cm³/mol. The monoisotopic (exact) mass is 350 g/mol. The van der Waals surface area contributed by atoms with Crippen molar-refractivity contribution in [1.82, 2.24) is 0 Å². The molecule has 1 unspecified atom stereocenters. The molecule has 132 valence electrons. The summed E-state index contributed by atoms with van der Waals surface area (Å²) < 4.78 is 10.2. The lowest BCUT2D eigenvalue weighted by Crippen LogP contribution is -2.17. The highest BCUT2D eigenvalue weighted by atomic mass is 16.5. The van der Waals surface area contributed by atoms with Crippen molar-refractivity contribution < 1.29 is 18.7 Å². The van der Waals surface area contributed by atoms with E-state index in [1.54, 1.807) is 25.1 Å². The van der Waals surface area contributed by atoms with Crippen molar-refractivity contribution in [2.75, 3.05) is 6.61 Å². The average Bonchev–Trinajstić information content (AvgIpc) is 2.62. The maximum Gasteiger partial charge on any atom is 0.336 e. The molecule has 0 N–H and O–H groups in total. The maximum absolute atomic E-state index is 12.0. The predicted octanol–water partition coefficient (Wildman–Crippen LogP) is 3.61. The Morgan fingerprint density at radius 1 is 1.15 bits per heavy atom. The lowest BCUT2D eigenvalue weighted by Gasteiger charge is -2.12. The zero-order valence-electron chi connectivity index (χ0n) is 14.5. The molecule has 1 heterocycles. The van der Waals surface area contributed by atoms with Crippen LogP contribution in [-0.4, -0.2) is 18.9 Å². The summed E-state index contributed by atoms with van der Waals surface area (Å²) in [5.74, 6) is -1.67. The zero-order valence-corrected chi connectivity index (χ0v) is 14.5. The first kappa shape index (κ1) is 17.6. The first-order valence-electron chi connectivity index (χ1n) is 8.31. The number of hydrogen-bond donors (Lipinski definition) is 0. The van der Waals surface area contributed by atoms with Crippen LogP contribution < -0.4 is 5.63 Å². The molecule has 3 rings (SSSR count). The second-order valence-electron chi connectivity index (χ2n) is 5.92. The van der Waals surface area contributed by atoms with Gasteiger partial charge in [-0.25, -0.2) is 4.79 Å². The van der Waals surface area contributed by atoms with E-state index in [1.165, 1.54) is 6.07 Å². The number of ether oxygens (including phenoxy) is 1. The number of fused-ring (bicyclic) bond motifs is 1. The van der Waals surface area contributed by atoms with Crippen molar-refractivity contribution in [2.24, 2.45) is 0 Å². The fourth-order valence-corrected chi connectivity index (χ4v) is 2.97. The van der Waals surface area contributed by atoms with Crippen LogP contribution in [0.2, 0.25) is 0 Å². The Morgan fingerprint density at radius 3 is 2.62 bits per heavy atom. The van der Waals surface area contributed by atoms with Gasteiger partial charge in [0, 0.05) is 17.0 Å². The molecule has 5 nitrogen and oxygen atoms in total. The molecule has 1 aromatic heterocycles. The molecule has 0 saturated heterocycles. The van der Waals surface area contributed by atoms with Crippen LogP contribution in [0.1, 0.15) is 24.0 Å². The minimum Gasteiger partial charge on any atom is -0.465 e. The van der Waals surface area contributed by atoms with Crippen molar-refractivity contribution in [3.63, 3.8) is 0 Å². The molecule has 0 radical (unpaired) electrons. The fraction of sp³-hybridized carbons (Fsp3) is 0.190. The minimum atomic E-state index is -1.05. The normalized spacial score (nSPS) is 11.9. The van der Waals surface area contributed by atoms with Crippen LogP contribution in [-0.2, 0) is 14.3 Å².